The van der Waals surface area contributed by atoms with Gasteiger partial charge < -0.3 is 39.6 Å². The van der Waals surface area contributed by atoms with E-state index in [4.69, 9.17) is 47.9 Å². The van der Waals surface area contributed by atoms with Crippen molar-refractivity contribution in [3.8, 4) is 0 Å². The van der Waals surface area contributed by atoms with Crippen molar-refractivity contribution in [3.63, 3.8) is 0 Å². The third-order valence-corrected chi connectivity index (χ3v) is 22.7. The van der Waals surface area contributed by atoms with Gasteiger partial charge in [0.15, 0.2) is 51.4 Å². The first-order valence-corrected chi connectivity index (χ1v) is 27.8. The zero-order valence-electron chi connectivity index (χ0n) is 34.7. The van der Waals surface area contributed by atoms with Crippen LogP contribution in [0.5, 0.6) is 0 Å². The molecule has 3 aliphatic heterocycles. The first kappa shape index (κ1) is 44.8. The molecule has 24 nitrogen and oxygen atoms in total. The zero-order valence-corrected chi connectivity index (χ0v) is 38.5. The summed E-state index contributed by atoms with van der Waals surface area (Å²) in [6.07, 6.45) is -8.29. The third-order valence-electron chi connectivity index (χ3n) is 11.8. The number of aromatic nitrogens is 8. The fourth-order valence-corrected chi connectivity index (χ4v) is 11.1. The van der Waals surface area contributed by atoms with E-state index in [0.717, 1.165) is 0 Å². The number of nitrogens with one attached hydrogen (secondary N) is 2. The molecule has 0 amide bonds. The molecule has 3 saturated heterocycles. The summed E-state index contributed by atoms with van der Waals surface area (Å²) in [4.78, 5) is 70.0. The Labute approximate surface area is 345 Å². The van der Waals surface area contributed by atoms with Gasteiger partial charge in [0.1, 0.15) is 36.6 Å². The SMILES string of the molecule is CC(C)(C)[Si](C)(C)O[C@@H]1[C@@H]2OP(=O)(O)OC[C@H]3O[C@@H](n4cnc5c(=O)[nH]c(N)nc54)[C@H](O[Si](C)(C)C(C)(C)C)[C@@H]3OP(=O)(O)OC[C@H]2O[C@H]1n1cnc2c(=O)[nH]c(N)nc21. The summed E-state index contributed by atoms with van der Waals surface area (Å²) in [6, 6.07) is 0. The Hall–Kier alpha value is -3.21. The van der Waals surface area contributed by atoms with Crippen LogP contribution in [0.4, 0.5) is 11.9 Å². The molecule has 4 aromatic rings. The monoisotopic (exact) mass is 918 g/mol. The number of rotatable bonds is 6. The van der Waals surface area contributed by atoms with Crippen LogP contribution in [0.2, 0.25) is 36.3 Å². The number of aromatic amines is 2. The highest BCUT2D eigenvalue weighted by Crippen LogP contribution is 2.56. The van der Waals surface area contributed by atoms with Gasteiger partial charge in [-0.15, -0.1) is 0 Å². The fourth-order valence-electron chi connectivity index (χ4n) is 6.63. The Balaban J connectivity index is 1.29. The standard InChI is InChI=1S/C32H52N10O14P2Si2/c1-31(2,3)59(7,8)55-21-19-15(51-27(21)41-13-35-17-23(41)37-29(33)39-25(17)43)11-49-58(47,48)54-20-16(12-50-57(45,46)53-19)52-28(22(20)56-60(9,10)32(4,5)6)42-14-36-18-24(42)38-30(34)40-26(18)44/h13-16,19-22,27-28H,11-12H2,1-10H3,(H,45,46)(H,47,48)(H3,33,37,39,43)(H3,34,38,40,44)/t15-,16-,19-,20-,21-,22-,27-,28-/m1/s1. The molecule has 60 heavy (non-hydrogen) atoms. The molecule has 0 aromatic carbocycles. The Bertz CT molecular complexity index is 2330. The lowest BCUT2D eigenvalue weighted by Gasteiger charge is -2.41. The molecule has 3 fully saturated rings. The maximum atomic E-state index is 14.1. The molecule has 4 aromatic heterocycles. The van der Waals surface area contributed by atoms with Gasteiger partial charge in [0.25, 0.3) is 11.1 Å². The molecule has 7 heterocycles. The minimum Gasteiger partial charge on any atom is -0.407 e. The van der Waals surface area contributed by atoms with E-state index < -0.39 is 116 Å². The van der Waals surface area contributed by atoms with Crippen LogP contribution in [-0.2, 0) is 45.6 Å². The van der Waals surface area contributed by atoms with Gasteiger partial charge in [0, 0.05) is 0 Å². The number of ether oxygens (including phenoxy) is 2. The number of hydrogen-bond acceptors (Lipinski definition) is 18. The van der Waals surface area contributed by atoms with Gasteiger partial charge in [-0.25, -0.2) is 19.1 Å². The zero-order chi connectivity index (χ0) is 44.1. The number of H-pyrrole nitrogens is 2. The number of phosphoric ester groups is 2. The number of nitrogens with zero attached hydrogens (tertiary/aromatic N) is 6. The van der Waals surface area contributed by atoms with Crippen molar-refractivity contribution in [3.05, 3.63) is 33.4 Å². The lowest BCUT2D eigenvalue weighted by atomic mass is 10.1. The minimum absolute atomic E-state index is 0.00313. The molecule has 10 atom stereocenters. The second-order valence-electron chi connectivity index (χ2n) is 18.0. The van der Waals surface area contributed by atoms with E-state index in [1.807, 2.05) is 67.7 Å². The highest BCUT2D eigenvalue weighted by atomic mass is 31.2. The predicted octanol–water partition coefficient (Wildman–Crippen LogP) is 3.01. The van der Waals surface area contributed by atoms with E-state index in [-0.39, 0.29) is 34.2 Å². The van der Waals surface area contributed by atoms with Crippen molar-refractivity contribution in [1.82, 2.24) is 39.0 Å². The maximum absolute atomic E-state index is 14.1. The molecule has 332 valence electrons. The second-order valence-corrected chi connectivity index (χ2v) is 30.4. The lowest BCUT2D eigenvalue weighted by Crippen LogP contribution is -2.50. The van der Waals surface area contributed by atoms with Crippen LogP contribution in [0, 0.1) is 0 Å². The van der Waals surface area contributed by atoms with Crippen LogP contribution in [0.3, 0.4) is 0 Å². The minimum atomic E-state index is -5.13. The highest BCUT2D eigenvalue weighted by molar-refractivity contribution is 7.47. The average molecular weight is 919 g/mol. The van der Waals surface area contributed by atoms with E-state index in [1.165, 1.54) is 21.8 Å². The Morgan fingerprint density at radius 2 is 1.07 bits per heavy atom. The van der Waals surface area contributed by atoms with Crippen LogP contribution in [0.25, 0.3) is 22.3 Å². The largest absolute Gasteiger partial charge is 0.472 e. The average Bonchev–Trinajstić information content (AvgIpc) is 3.86. The van der Waals surface area contributed by atoms with E-state index in [2.05, 4.69) is 29.9 Å². The molecule has 0 aliphatic carbocycles. The highest BCUT2D eigenvalue weighted by Gasteiger charge is 2.58. The molecule has 7 rings (SSSR count). The number of anilines is 2. The Morgan fingerprint density at radius 1 is 0.717 bits per heavy atom. The maximum Gasteiger partial charge on any atom is 0.472 e. The van der Waals surface area contributed by atoms with Crippen molar-refractivity contribution in [2.45, 2.75) is 127 Å². The number of nitrogen functional groups attached to an aromatic ring is 2. The summed E-state index contributed by atoms with van der Waals surface area (Å²) in [6.45, 7) is 18.1. The normalized spacial score (nSPS) is 32.5. The van der Waals surface area contributed by atoms with Gasteiger partial charge in [-0.3, -0.25) is 46.8 Å². The molecule has 28 heteroatoms. The van der Waals surface area contributed by atoms with Gasteiger partial charge in [0.05, 0.1) is 25.9 Å². The summed E-state index contributed by atoms with van der Waals surface area (Å²) in [7, 11) is -15.9. The number of fused-ring (bicyclic) bond motifs is 4. The first-order chi connectivity index (χ1) is 27.6. The molecule has 3 aliphatic rings. The Kier molecular flexibility index (Phi) is 11.4. The molecule has 0 radical (unpaired) electrons. The van der Waals surface area contributed by atoms with Crippen LogP contribution in [-0.4, -0.2) is 115 Å². The molecule has 2 unspecified atom stereocenters. The van der Waals surface area contributed by atoms with E-state index in [1.54, 1.807) is 0 Å². The number of hydrogen-bond donors (Lipinski definition) is 6. The fraction of sp³-hybridized carbons (Fsp3) is 0.688. The van der Waals surface area contributed by atoms with E-state index in [0.29, 0.717) is 0 Å². The molecular weight excluding hydrogens is 867 g/mol. The van der Waals surface area contributed by atoms with Crippen LogP contribution in [0.15, 0.2) is 22.2 Å². The smallest absolute Gasteiger partial charge is 0.407 e. The van der Waals surface area contributed by atoms with E-state index in [9.17, 15) is 28.5 Å². The predicted molar refractivity (Wildman–Crippen MR) is 218 cm³/mol. The van der Waals surface area contributed by atoms with Crippen LogP contribution in [0.1, 0.15) is 54.0 Å². The van der Waals surface area contributed by atoms with Crippen molar-refractivity contribution >= 4 is 66.5 Å². The van der Waals surface area contributed by atoms with Crippen molar-refractivity contribution in [2.24, 2.45) is 0 Å². The first-order valence-electron chi connectivity index (χ1n) is 19.0. The molecule has 0 bridgehead atoms. The topological polar surface area (TPSA) is 328 Å². The van der Waals surface area contributed by atoms with Gasteiger partial charge >= 0.3 is 15.6 Å². The lowest BCUT2D eigenvalue weighted by molar-refractivity contribution is -0.0663. The molecule has 0 saturated carbocycles. The number of nitrogens with two attached hydrogens (primary N) is 2. The number of imidazole rings is 2. The summed E-state index contributed by atoms with van der Waals surface area (Å²) in [5.74, 6) is -0.430. The summed E-state index contributed by atoms with van der Waals surface area (Å²) in [5.41, 5.74) is 10.4. The van der Waals surface area contributed by atoms with Crippen LogP contribution < -0.4 is 22.6 Å². The van der Waals surface area contributed by atoms with Gasteiger partial charge in [-0.1, -0.05) is 41.5 Å². The quantitative estimate of drug-likeness (QED) is 0.120. The second kappa shape index (κ2) is 15.3. The summed E-state index contributed by atoms with van der Waals surface area (Å²) >= 11 is 0. The molecule has 8 N–H and O–H groups in total. The Morgan fingerprint density at radius 3 is 1.40 bits per heavy atom. The van der Waals surface area contributed by atoms with Gasteiger partial charge in [-0.05, 0) is 36.3 Å². The van der Waals surface area contributed by atoms with Crippen molar-refractivity contribution in [2.75, 3.05) is 24.7 Å². The van der Waals surface area contributed by atoms with Crippen LogP contribution >= 0.6 is 15.6 Å². The third kappa shape index (κ3) is 8.47. The van der Waals surface area contributed by atoms with Gasteiger partial charge in [0.2, 0.25) is 11.9 Å². The number of phosphoric acid groups is 2. The summed E-state index contributed by atoms with van der Waals surface area (Å²) < 4.78 is 80.4. The summed E-state index contributed by atoms with van der Waals surface area (Å²) in [5, 5.41) is -0.821. The molecule has 0 spiro atoms. The van der Waals surface area contributed by atoms with E-state index >= 15 is 0 Å². The van der Waals surface area contributed by atoms with Gasteiger partial charge in [-0.2, -0.15) is 9.97 Å². The van der Waals surface area contributed by atoms with Crippen molar-refractivity contribution in [1.29, 1.82) is 0 Å². The molecular formula is C32H52N10O14P2Si2. The van der Waals surface area contributed by atoms with Crippen molar-refractivity contribution < 1.29 is 55.3 Å².